The maximum atomic E-state index is 2.37. The van der Waals surface area contributed by atoms with Gasteiger partial charge in [0.25, 0.3) is 0 Å². The lowest BCUT2D eigenvalue weighted by Gasteiger charge is -2.24. The Hall–Kier alpha value is -0.870. The van der Waals surface area contributed by atoms with Crippen molar-refractivity contribution < 1.29 is 0 Å². The first kappa shape index (κ1) is 12.6. The first-order chi connectivity index (χ1) is 8.27. The summed E-state index contributed by atoms with van der Waals surface area (Å²) in [5, 5.41) is 4.52. The maximum absolute atomic E-state index is 2.37. The van der Waals surface area contributed by atoms with Crippen LogP contribution in [0.4, 0.5) is 0 Å². The quantitative estimate of drug-likeness (QED) is 0.694. The molecule has 2 rings (SSSR count). The predicted octanol–water partition coefficient (Wildman–Crippen LogP) is 4.54. The normalized spacial score (nSPS) is 11.9. The van der Waals surface area contributed by atoms with Gasteiger partial charge in [-0.3, -0.25) is 0 Å². The minimum absolute atomic E-state index is 0.937. The number of fused-ring (bicyclic) bond motifs is 1. The molecule has 0 bridgehead atoms. The predicted molar refractivity (Wildman–Crippen MR) is 82.1 cm³/mol. The second kappa shape index (κ2) is 5.19. The molecule has 0 aromatic heterocycles. The van der Waals surface area contributed by atoms with Crippen molar-refractivity contribution in [3.63, 3.8) is 0 Å². The highest BCUT2D eigenvalue weighted by Crippen LogP contribution is 2.57. The van der Waals surface area contributed by atoms with E-state index >= 15 is 0 Å². The summed E-state index contributed by atoms with van der Waals surface area (Å²) >= 11 is 0. The van der Waals surface area contributed by atoms with Gasteiger partial charge in [0.05, 0.1) is 18.5 Å². The number of rotatable bonds is 4. The third-order valence-electron chi connectivity index (χ3n) is 4.09. The summed E-state index contributed by atoms with van der Waals surface area (Å²) < 4.78 is 0. The van der Waals surface area contributed by atoms with Gasteiger partial charge in [0.15, 0.2) is 0 Å². The number of hydrogen-bond donors (Lipinski definition) is 0. The van der Waals surface area contributed by atoms with E-state index < -0.39 is 7.26 Å². The van der Waals surface area contributed by atoms with Crippen molar-refractivity contribution >= 4 is 23.3 Å². The van der Waals surface area contributed by atoms with Crippen LogP contribution in [0.3, 0.4) is 0 Å². The summed E-state index contributed by atoms with van der Waals surface area (Å²) in [4.78, 5) is 0. The third-order valence-corrected chi connectivity index (χ3v) is 9.14. The Kier molecular flexibility index (Phi) is 3.84. The van der Waals surface area contributed by atoms with Crippen LogP contribution in [0.2, 0.25) is 0 Å². The number of hydrogen-bond acceptors (Lipinski definition) is 0. The summed E-state index contributed by atoms with van der Waals surface area (Å²) in [6.45, 7) is 7.09. The van der Waals surface area contributed by atoms with E-state index in [0.29, 0.717) is 0 Å². The van der Waals surface area contributed by atoms with Gasteiger partial charge in [-0.2, -0.15) is 0 Å². The second-order valence-corrected chi connectivity index (χ2v) is 9.26. The molecule has 0 amide bonds. The van der Waals surface area contributed by atoms with Crippen molar-refractivity contribution in [1.82, 2.24) is 0 Å². The van der Waals surface area contributed by atoms with Crippen molar-refractivity contribution in [2.24, 2.45) is 0 Å². The Morgan fingerprint density at radius 3 is 2.00 bits per heavy atom. The summed E-state index contributed by atoms with van der Waals surface area (Å²) in [5.74, 6) is 0. The molecule has 0 fully saturated rings. The zero-order valence-corrected chi connectivity index (χ0v) is 12.0. The first-order valence-corrected chi connectivity index (χ1v) is 8.96. The smallest absolute Gasteiger partial charge is 0.0616 e. The molecule has 1 heteroatoms. The monoisotopic (exact) mass is 245 g/mol. The van der Waals surface area contributed by atoms with Crippen LogP contribution in [0.1, 0.15) is 20.8 Å². The van der Waals surface area contributed by atoms with Crippen molar-refractivity contribution in [3.8, 4) is 0 Å². The van der Waals surface area contributed by atoms with E-state index in [9.17, 15) is 0 Å². The van der Waals surface area contributed by atoms with E-state index in [-0.39, 0.29) is 0 Å². The topological polar surface area (TPSA) is 0 Å². The molecule has 0 heterocycles. The van der Waals surface area contributed by atoms with Crippen molar-refractivity contribution in [3.05, 3.63) is 42.5 Å². The minimum Gasteiger partial charge on any atom is -0.0616 e. The van der Waals surface area contributed by atoms with E-state index in [1.54, 1.807) is 5.30 Å². The minimum atomic E-state index is -0.937. The van der Waals surface area contributed by atoms with Gasteiger partial charge in [0.1, 0.15) is 5.30 Å². The molecule has 0 saturated heterocycles. The van der Waals surface area contributed by atoms with Gasteiger partial charge < -0.3 is 0 Å². The molecule has 0 N–H and O–H groups in total. The van der Waals surface area contributed by atoms with Gasteiger partial charge in [0.2, 0.25) is 0 Å². The molecule has 0 nitrogen and oxygen atoms in total. The van der Waals surface area contributed by atoms with Gasteiger partial charge >= 0.3 is 0 Å². The Morgan fingerprint density at radius 2 is 1.35 bits per heavy atom. The molecular formula is C16H22P+. The molecular weight excluding hydrogens is 223 g/mol. The van der Waals surface area contributed by atoms with Gasteiger partial charge in [-0.05, 0) is 32.2 Å². The highest BCUT2D eigenvalue weighted by Gasteiger charge is 2.35. The van der Waals surface area contributed by atoms with Crippen LogP contribution in [0.5, 0.6) is 0 Å². The SMILES string of the molecule is CC[P+](CC)(CC)c1cccc2ccccc12. The molecule has 2 aromatic carbocycles. The van der Waals surface area contributed by atoms with Gasteiger partial charge in [0, 0.05) is 12.6 Å². The standard InChI is InChI=1S/C16H22P/c1-4-17(5-2,6-3)16-13-9-11-14-10-7-8-12-15(14)16/h7-13H,4-6H2,1-3H3/q+1. The molecule has 0 aliphatic carbocycles. The summed E-state index contributed by atoms with van der Waals surface area (Å²) in [6, 6.07) is 15.7. The van der Waals surface area contributed by atoms with Crippen LogP contribution < -0.4 is 5.30 Å². The average molecular weight is 245 g/mol. The summed E-state index contributed by atoms with van der Waals surface area (Å²) in [5.41, 5.74) is 0. The molecule has 0 unspecified atom stereocenters. The molecule has 0 spiro atoms. The lowest BCUT2D eigenvalue weighted by Crippen LogP contribution is -2.18. The highest BCUT2D eigenvalue weighted by atomic mass is 31.2. The van der Waals surface area contributed by atoms with Gasteiger partial charge in [-0.15, -0.1) is 0 Å². The largest absolute Gasteiger partial charge is 0.102 e. The fourth-order valence-corrected chi connectivity index (χ4v) is 6.28. The average Bonchev–Trinajstić information content (AvgIpc) is 2.41. The van der Waals surface area contributed by atoms with E-state index in [0.717, 1.165) is 0 Å². The third kappa shape index (κ3) is 2.11. The fraction of sp³-hybridized carbons (Fsp3) is 0.375. The Balaban J connectivity index is 2.69. The lowest BCUT2D eigenvalue weighted by atomic mass is 10.1. The molecule has 2 aromatic rings. The van der Waals surface area contributed by atoms with E-state index in [1.807, 2.05) is 0 Å². The van der Waals surface area contributed by atoms with Crippen LogP contribution in [-0.2, 0) is 0 Å². The molecule has 90 valence electrons. The van der Waals surface area contributed by atoms with Crippen LogP contribution in [0, 0.1) is 0 Å². The van der Waals surface area contributed by atoms with Crippen LogP contribution in [0.15, 0.2) is 42.5 Å². The van der Waals surface area contributed by atoms with Crippen molar-refractivity contribution in [2.75, 3.05) is 18.5 Å². The van der Waals surface area contributed by atoms with E-state index in [2.05, 4.69) is 63.2 Å². The Labute approximate surface area is 105 Å². The first-order valence-electron chi connectivity index (χ1n) is 6.61. The fourth-order valence-electron chi connectivity index (χ4n) is 2.80. The van der Waals surface area contributed by atoms with Crippen molar-refractivity contribution in [2.45, 2.75) is 20.8 Å². The summed E-state index contributed by atoms with van der Waals surface area (Å²) in [6.07, 6.45) is 3.98. The summed E-state index contributed by atoms with van der Waals surface area (Å²) in [7, 11) is -0.937. The van der Waals surface area contributed by atoms with Crippen LogP contribution >= 0.6 is 7.26 Å². The zero-order valence-electron chi connectivity index (χ0n) is 11.1. The number of benzene rings is 2. The van der Waals surface area contributed by atoms with Gasteiger partial charge in [-0.1, -0.05) is 36.4 Å². The Morgan fingerprint density at radius 1 is 0.765 bits per heavy atom. The highest BCUT2D eigenvalue weighted by molar-refractivity contribution is 7.83. The van der Waals surface area contributed by atoms with Crippen molar-refractivity contribution in [1.29, 1.82) is 0 Å². The molecule has 0 aliphatic heterocycles. The van der Waals surface area contributed by atoms with Crippen LogP contribution in [-0.4, -0.2) is 18.5 Å². The second-order valence-electron chi connectivity index (χ2n) is 4.59. The van der Waals surface area contributed by atoms with E-state index in [1.165, 1.54) is 29.3 Å². The molecule has 0 atom stereocenters. The zero-order chi connectivity index (χ0) is 12.3. The Bertz CT molecular complexity index is 484. The van der Waals surface area contributed by atoms with Gasteiger partial charge in [-0.25, -0.2) is 0 Å². The molecule has 0 radical (unpaired) electrons. The molecule has 17 heavy (non-hydrogen) atoms. The maximum Gasteiger partial charge on any atom is 0.102 e. The molecule has 0 aliphatic rings. The van der Waals surface area contributed by atoms with E-state index in [4.69, 9.17) is 0 Å². The molecule has 0 saturated carbocycles. The van der Waals surface area contributed by atoms with Crippen LogP contribution in [0.25, 0.3) is 10.8 Å². The lowest BCUT2D eigenvalue weighted by molar-refractivity contribution is 1.32.